The molecule has 3 aromatic rings. The highest BCUT2D eigenvalue weighted by molar-refractivity contribution is 7.98. The maximum absolute atomic E-state index is 12.5. The van der Waals surface area contributed by atoms with Crippen molar-refractivity contribution in [3.05, 3.63) is 50.9 Å². The lowest BCUT2D eigenvalue weighted by Gasteiger charge is -2.09. The summed E-state index contributed by atoms with van der Waals surface area (Å²) in [6, 6.07) is 5.76. The van der Waals surface area contributed by atoms with Crippen molar-refractivity contribution in [3.63, 3.8) is 0 Å². The Labute approximate surface area is 185 Å². The van der Waals surface area contributed by atoms with Gasteiger partial charge in [0.05, 0.1) is 11.1 Å². The second-order valence-corrected chi connectivity index (χ2v) is 9.35. The van der Waals surface area contributed by atoms with Crippen LogP contribution in [0.25, 0.3) is 10.2 Å². The van der Waals surface area contributed by atoms with Gasteiger partial charge >= 0.3 is 6.61 Å². The first-order valence-corrected chi connectivity index (χ1v) is 11.9. The van der Waals surface area contributed by atoms with Crippen LogP contribution in [0.5, 0.6) is 5.75 Å². The molecule has 1 amide bonds. The number of amides is 1. The average Bonchev–Trinajstić information content (AvgIpc) is 3.11. The van der Waals surface area contributed by atoms with Gasteiger partial charge in [-0.3, -0.25) is 9.59 Å². The molecule has 2 aromatic heterocycles. The molecule has 0 saturated heterocycles. The standard InChI is InChI=1S/C21H21F2N3O3S2/c22-21(23)29-13-7-5-12(6-8-13)24-17(27)9-10-30-11-16-25-19(28)18-14-3-1-2-4-15(14)31-20(18)26-16/h5-8,21H,1-4,9-11H2,(H,24,27)(H,25,26,28). The van der Waals surface area contributed by atoms with Crippen LogP contribution in [0.15, 0.2) is 29.1 Å². The van der Waals surface area contributed by atoms with Crippen molar-refractivity contribution in [1.29, 1.82) is 0 Å². The highest BCUT2D eigenvalue weighted by Crippen LogP contribution is 2.33. The van der Waals surface area contributed by atoms with Gasteiger partial charge in [-0.15, -0.1) is 11.3 Å². The highest BCUT2D eigenvalue weighted by atomic mass is 32.2. The van der Waals surface area contributed by atoms with Crippen molar-refractivity contribution >= 4 is 44.9 Å². The predicted octanol–water partition coefficient (Wildman–Crippen LogP) is 4.73. The van der Waals surface area contributed by atoms with E-state index in [-0.39, 0.29) is 23.6 Å². The van der Waals surface area contributed by atoms with Gasteiger partial charge in [0.25, 0.3) is 5.56 Å². The largest absolute Gasteiger partial charge is 0.435 e. The van der Waals surface area contributed by atoms with E-state index in [1.807, 2.05) is 0 Å². The minimum atomic E-state index is -2.88. The molecule has 2 N–H and O–H groups in total. The Bertz CT molecular complexity index is 1130. The summed E-state index contributed by atoms with van der Waals surface area (Å²) in [6.45, 7) is -2.88. The zero-order chi connectivity index (χ0) is 21.8. The minimum Gasteiger partial charge on any atom is -0.435 e. The SMILES string of the molecule is O=C(CCSCc1nc2sc3c(c2c(=O)[nH]1)CCCC3)Nc1ccc(OC(F)F)cc1. The third kappa shape index (κ3) is 5.43. The summed E-state index contributed by atoms with van der Waals surface area (Å²) < 4.78 is 28.6. The van der Waals surface area contributed by atoms with Crippen LogP contribution in [0.3, 0.4) is 0 Å². The molecular formula is C21H21F2N3O3S2. The van der Waals surface area contributed by atoms with Crippen LogP contribution in [0.2, 0.25) is 0 Å². The number of aromatic amines is 1. The summed E-state index contributed by atoms with van der Waals surface area (Å²) in [5, 5.41) is 3.46. The summed E-state index contributed by atoms with van der Waals surface area (Å²) in [5.74, 6) is 1.55. The molecular weight excluding hydrogens is 444 g/mol. The molecule has 10 heteroatoms. The summed E-state index contributed by atoms with van der Waals surface area (Å²) >= 11 is 3.14. The first-order chi connectivity index (χ1) is 15.0. The molecule has 164 valence electrons. The zero-order valence-electron chi connectivity index (χ0n) is 16.6. The Morgan fingerprint density at radius 2 is 2.03 bits per heavy atom. The molecule has 1 aliphatic carbocycles. The molecule has 0 bridgehead atoms. The van der Waals surface area contributed by atoms with Gasteiger partial charge in [0.2, 0.25) is 5.91 Å². The lowest BCUT2D eigenvalue weighted by molar-refractivity contribution is -0.115. The number of ether oxygens (including phenoxy) is 1. The molecule has 31 heavy (non-hydrogen) atoms. The number of carbonyl (C=O) groups is 1. The van der Waals surface area contributed by atoms with Crippen LogP contribution in [0.1, 0.15) is 35.5 Å². The first-order valence-electron chi connectivity index (χ1n) is 9.95. The van der Waals surface area contributed by atoms with E-state index < -0.39 is 6.61 Å². The van der Waals surface area contributed by atoms with Gasteiger partial charge in [-0.25, -0.2) is 4.98 Å². The molecule has 0 radical (unpaired) electrons. The number of H-pyrrole nitrogens is 1. The van der Waals surface area contributed by atoms with Crippen LogP contribution < -0.4 is 15.6 Å². The topological polar surface area (TPSA) is 84.1 Å². The Morgan fingerprint density at radius 3 is 2.81 bits per heavy atom. The fraction of sp³-hybridized carbons (Fsp3) is 0.381. The third-order valence-corrected chi connectivity index (χ3v) is 7.11. The molecule has 0 unspecified atom stereocenters. The quantitative estimate of drug-likeness (QED) is 0.470. The average molecular weight is 466 g/mol. The van der Waals surface area contributed by atoms with Crippen molar-refractivity contribution in [2.45, 2.75) is 44.5 Å². The fourth-order valence-electron chi connectivity index (χ4n) is 3.55. The normalized spacial score (nSPS) is 13.4. The number of thioether (sulfide) groups is 1. The molecule has 4 rings (SSSR count). The molecule has 0 aliphatic heterocycles. The van der Waals surface area contributed by atoms with Gasteiger partial charge < -0.3 is 15.0 Å². The molecule has 0 atom stereocenters. The van der Waals surface area contributed by atoms with Crippen molar-refractivity contribution in [2.24, 2.45) is 0 Å². The molecule has 0 saturated carbocycles. The van der Waals surface area contributed by atoms with Gasteiger partial charge in [-0.2, -0.15) is 20.5 Å². The molecule has 2 heterocycles. The number of aryl methyl sites for hydroxylation is 2. The fourth-order valence-corrected chi connectivity index (χ4v) is 5.64. The first kappa shape index (κ1) is 21.8. The number of fused-ring (bicyclic) bond motifs is 3. The number of benzene rings is 1. The van der Waals surface area contributed by atoms with Gasteiger partial charge in [0.15, 0.2) is 0 Å². The molecule has 0 spiro atoms. The van der Waals surface area contributed by atoms with Crippen LogP contribution >= 0.6 is 23.1 Å². The second-order valence-electron chi connectivity index (χ2n) is 7.16. The Kier molecular flexibility index (Phi) is 6.86. The second kappa shape index (κ2) is 9.78. The minimum absolute atomic E-state index is 0.0357. The zero-order valence-corrected chi connectivity index (χ0v) is 18.2. The van der Waals surface area contributed by atoms with Crippen LogP contribution in [-0.2, 0) is 23.4 Å². The highest BCUT2D eigenvalue weighted by Gasteiger charge is 2.19. The summed E-state index contributed by atoms with van der Waals surface area (Å²) in [4.78, 5) is 34.2. The van der Waals surface area contributed by atoms with E-state index in [2.05, 4.69) is 20.0 Å². The monoisotopic (exact) mass is 465 g/mol. The van der Waals surface area contributed by atoms with E-state index in [0.29, 0.717) is 23.0 Å². The van der Waals surface area contributed by atoms with E-state index in [0.717, 1.165) is 35.9 Å². The molecule has 0 fully saturated rings. The number of hydrogen-bond acceptors (Lipinski definition) is 6. The van der Waals surface area contributed by atoms with Gasteiger partial charge in [-0.05, 0) is 55.5 Å². The van der Waals surface area contributed by atoms with Crippen molar-refractivity contribution in [2.75, 3.05) is 11.1 Å². The Balaban J connectivity index is 1.27. The maximum Gasteiger partial charge on any atom is 0.387 e. The van der Waals surface area contributed by atoms with Crippen LogP contribution in [-0.4, -0.2) is 28.2 Å². The number of nitrogens with one attached hydrogen (secondary N) is 2. The van der Waals surface area contributed by atoms with Crippen LogP contribution in [0, 0.1) is 0 Å². The van der Waals surface area contributed by atoms with E-state index in [4.69, 9.17) is 0 Å². The number of rotatable bonds is 8. The van der Waals surface area contributed by atoms with Crippen LogP contribution in [0.4, 0.5) is 14.5 Å². The molecule has 1 aromatic carbocycles. The van der Waals surface area contributed by atoms with Crippen molar-refractivity contribution < 1.29 is 18.3 Å². The van der Waals surface area contributed by atoms with Gasteiger partial charge in [0, 0.05) is 22.7 Å². The number of anilines is 1. The molecule has 1 aliphatic rings. The number of alkyl halides is 2. The van der Waals surface area contributed by atoms with Gasteiger partial charge in [-0.1, -0.05) is 0 Å². The predicted molar refractivity (Wildman–Crippen MR) is 119 cm³/mol. The number of hydrogen-bond donors (Lipinski definition) is 2. The van der Waals surface area contributed by atoms with E-state index in [9.17, 15) is 18.4 Å². The summed E-state index contributed by atoms with van der Waals surface area (Å²) in [6.07, 6.45) is 4.53. The smallest absolute Gasteiger partial charge is 0.387 e. The third-order valence-electron chi connectivity index (χ3n) is 4.95. The van der Waals surface area contributed by atoms with Gasteiger partial charge in [0.1, 0.15) is 16.4 Å². The Hall–Kier alpha value is -2.46. The van der Waals surface area contributed by atoms with Crippen molar-refractivity contribution in [1.82, 2.24) is 9.97 Å². The lowest BCUT2D eigenvalue weighted by Crippen LogP contribution is -2.13. The van der Waals surface area contributed by atoms with E-state index in [1.54, 1.807) is 11.3 Å². The van der Waals surface area contributed by atoms with E-state index >= 15 is 0 Å². The Morgan fingerprint density at radius 1 is 1.26 bits per heavy atom. The number of halogens is 2. The maximum atomic E-state index is 12.5. The van der Waals surface area contributed by atoms with Crippen molar-refractivity contribution in [3.8, 4) is 5.75 Å². The lowest BCUT2D eigenvalue weighted by atomic mass is 9.97. The summed E-state index contributed by atoms with van der Waals surface area (Å²) in [7, 11) is 0. The number of carbonyl (C=O) groups excluding carboxylic acids is 1. The number of thiophene rings is 1. The number of nitrogens with zero attached hydrogens (tertiary/aromatic N) is 1. The van der Waals surface area contributed by atoms with E-state index in [1.165, 1.54) is 46.5 Å². The molecule has 6 nitrogen and oxygen atoms in total. The summed E-state index contributed by atoms with van der Waals surface area (Å²) in [5.41, 5.74) is 1.61. The number of aromatic nitrogens is 2.